The lowest BCUT2D eigenvalue weighted by Gasteiger charge is -2.31. The molecule has 1 atom stereocenters. The highest BCUT2D eigenvalue weighted by atomic mass is 16.4. The van der Waals surface area contributed by atoms with Crippen LogP contribution in [0.4, 0.5) is 0 Å². The van der Waals surface area contributed by atoms with E-state index in [0.29, 0.717) is 17.8 Å². The van der Waals surface area contributed by atoms with Crippen LogP contribution in [-0.4, -0.2) is 41.3 Å². The van der Waals surface area contributed by atoms with Gasteiger partial charge in [-0.1, -0.05) is 18.2 Å². The van der Waals surface area contributed by atoms with Crippen molar-refractivity contribution in [3.63, 3.8) is 0 Å². The van der Waals surface area contributed by atoms with Gasteiger partial charge in [-0.3, -0.25) is 4.90 Å². The Bertz CT molecular complexity index is 540. The maximum Gasteiger partial charge on any atom is 0.247 e. The molecule has 2 aromatic rings. The van der Waals surface area contributed by atoms with Crippen LogP contribution in [0.25, 0.3) is 11.5 Å². The second-order valence-electron chi connectivity index (χ2n) is 5.23. The molecular weight excluding hydrogens is 252 g/mol. The number of aromatic nitrogens is 2. The van der Waals surface area contributed by atoms with Gasteiger partial charge in [0.2, 0.25) is 11.8 Å². The largest absolute Gasteiger partial charge is 0.419 e. The molecule has 2 heterocycles. The number of nitrogens with zero attached hydrogens (tertiary/aromatic N) is 3. The fourth-order valence-corrected chi connectivity index (χ4v) is 2.64. The standard InChI is InChI=1S/C15H20N4O/c1-16-13-8-5-9-19(10-13)11-14-17-18-15(20-14)12-6-3-2-4-7-12/h2-4,6-7,13,16H,5,8-11H2,1H3. The lowest BCUT2D eigenvalue weighted by atomic mass is 10.1. The molecule has 1 saturated heterocycles. The number of hydrogen-bond acceptors (Lipinski definition) is 5. The molecule has 5 heteroatoms. The van der Waals surface area contributed by atoms with E-state index < -0.39 is 0 Å². The Balaban J connectivity index is 1.65. The third-order valence-electron chi connectivity index (χ3n) is 3.76. The number of nitrogens with one attached hydrogen (secondary N) is 1. The van der Waals surface area contributed by atoms with Crippen LogP contribution in [0.5, 0.6) is 0 Å². The number of likely N-dealkylation sites (tertiary alicyclic amines) is 1. The van der Waals surface area contributed by atoms with Gasteiger partial charge in [0.25, 0.3) is 0 Å². The average molecular weight is 272 g/mol. The highest BCUT2D eigenvalue weighted by Crippen LogP contribution is 2.19. The molecule has 0 saturated carbocycles. The Kier molecular flexibility index (Phi) is 4.08. The molecule has 0 spiro atoms. The molecule has 1 fully saturated rings. The minimum atomic E-state index is 0.570. The summed E-state index contributed by atoms with van der Waals surface area (Å²) in [6.45, 7) is 2.87. The number of benzene rings is 1. The minimum absolute atomic E-state index is 0.570. The predicted octanol–water partition coefficient (Wildman–Crippen LogP) is 1.92. The van der Waals surface area contributed by atoms with Gasteiger partial charge >= 0.3 is 0 Å². The highest BCUT2D eigenvalue weighted by Gasteiger charge is 2.20. The van der Waals surface area contributed by atoms with Crippen molar-refractivity contribution in [3.05, 3.63) is 36.2 Å². The van der Waals surface area contributed by atoms with E-state index in [-0.39, 0.29) is 0 Å². The van der Waals surface area contributed by atoms with Crippen molar-refractivity contribution in [1.82, 2.24) is 20.4 Å². The van der Waals surface area contributed by atoms with Crippen molar-refractivity contribution in [3.8, 4) is 11.5 Å². The van der Waals surface area contributed by atoms with E-state index in [2.05, 4.69) is 20.4 Å². The molecule has 0 radical (unpaired) electrons. The van der Waals surface area contributed by atoms with Gasteiger partial charge in [0.1, 0.15) is 0 Å². The molecule has 1 aliphatic heterocycles. The maximum absolute atomic E-state index is 5.76. The summed E-state index contributed by atoms with van der Waals surface area (Å²) in [5.41, 5.74) is 0.970. The van der Waals surface area contributed by atoms with Crippen LogP contribution >= 0.6 is 0 Å². The third kappa shape index (κ3) is 3.05. The summed E-state index contributed by atoms with van der Waals surface area (Å²) in [6, 6.07) is 10.5. The van der Waals surface area contributed by atoms with Gasteiger partial charge in [0.15, 0.2) is 0 Å². The zero-order valence-electron chi connectivity index (χ0n) is 11.7. The van der Waals surface area contributed by atoms with Crippen molar-refractivity contribution < 1.29 is 4.42 Å². The summed E-state index contributed by atoms with van der Waals surface area (Å²) in [5, 5.41) is 11.6. The molecule has 0 bridgehead atoms. The zero-order chi connectivity index (χ0) is 13.8. The number of likely N-dealkylation sites (N-methyl/N-ethyl adjacent to an activating group) is 1. The predicted molar refractivity (Wildman–Crippen MR) is 77.1 cm³/mol. The lowest BCUT2D eigenvalue weighted by molar-refractivity contribution is 0.173. The van der Waals surface area contributed by atoms with Gasteiger partial charge in [-0.05, 0) is 38.6 Å². The van der Waals surface area contributed by atoms with Gasteiger partial charge in [0, 0.05) is 18.2 Å². The van der Waals surface area contributed by atoms with Crippen molar-refractivity contribution in [2.45, 2.75) is 25.4 Å². The van der Waals surface area contributed by atoms with E-state index >= 15 is 0 Å². The maximum atomic E-state index is 5.76. The van der Waals surface area contributed by atoms with E-state index in [4.69, 9.17) is 4.42 Å². The molecule has 5 nitrogen and oxygen atoms in total. The van der Waals surface area contributed by atoms with Gasteiger partial charge < -0.3 is 9.73 Å². The molecule has 3 rings (SSSR count). The molecule has 1 aliphatic rings. The monoisotopic (exact) mass is 272 g/mol. The summed E-state index contributed by atoms with van der Waals surface area (Å²) in [6.07, 6.45) is 2.46. The lowest BCUT2D eigenvalue weighted by Crippen LogP contribution is -2.43. The van der Waals surface area contributed by atoms with Crippen LogP contribution in [0.1, 0.15) is 18.7 Å². The first kappa shape index (κ1) is 13.3. The van der Waals surface area contributed by atoms with E-state index in [0.717, 1.165) is 25.2 Å². The second kappa shape index (κ2) is 6.15. The second-order valence-corrected chi connectivity index (χ2v) is 5.23. The summed E-state index contributed by atoms with van der Waals surface area (Å²) >= 11 is 0. The fraction of sp³-hybridized carbons (Fsp3) is 0.467. The third-order valence-corrected chi connectivity index (χ3v) is 3.76. The van der Waals surface area contributed by atoms with Crippen molar-refractivity contribution in [2.24, 2.45) is 0 Å². The van der Waals surface area contributed by atoms with E-state index in [1.807, 2.05) is 37.4 Å². The first-order valence-electron chi connectivity index (χ1n) is 7.12. The Labute approximate surface area is 119 Å². The SMILES string of the molecule is CNC1CCCN(Cc2nnc(-c3ccccc3)o2)C1. The fourth-order valence-electron chi connectivity index (χ4n) is 2.64. The molecule has 0 aliphatic carbocycles. The number of rotatable bonds is 4. The Morgan fingerprint density at radius 2 is 2.15 bits per heavy atom. The van der Waals surface area contributed by atoms with Crippen LogP contribution in [-0.2, 0) is 6.54 Å². The Hall–Kier alpha value is -1.72. The summed E-state index contributed by atoms with van der Waals surface area (Å²) < 4.78 is 5.76. The summed E-state index contributed by atoms with van der Waals surface area (Å²) in [4.78, 5) is 2.37. The van der Waals surface area contributed by atoms with Gasteiger partial charge in [-0.15, -0.1) is 10.2 Å². The molecule has 1 N–H and O–H groups in total. The Morgan fingerprint density at radius 3 is 2.95 bits per heavy atom. The summed E-state index contributed by atoms with van der Waals surface area (Å²) in [7, 11) is 2.02. The van der Waals surface area contributed by atoms with Gasteiger partial charge in [0.05, 0.1) is 6.54 Å². The van der Waals surface area contributed by atoms with E-state index in [1.165, 1.54) is 12.8 Å². The van der Waals surface area contributed by atoms with E-state index in [1.54, 1.807) is 0 Å². The van der Waals surface area contributed by atoms with Crippen LogP contribution in [0.2, 0.25) is 0 Å². The smallest absolute Gasteiger partial charge is 0.247 e. The van der Waals surface area contributed by atoms with Crippen LogP contribution in [0.15, 0.2) is 34.7 Å². The van der Waals surface area contributed by atoms with Crippen LogP contribution in [0.3, 0.4) is 0 Å². The molecule has 106 valence electrons. The van der Waals surface area contributed by atoms with Crippen LogP contribution in [0, 0.1) is 0 Å². The zero-order valence-corrected chi connectivity index (χ0v) is 11.7. The first-order valence-corrected chi connectivity index (χ1v) is 7.12. The number of piperidine rings is 1. The number of hydrogen-bond donors (Lipinski definition) is 1. The van der Waals surface area contributed by atoms with Crippen molar-refractivity contribution >= 4 is 0 Å². The summed E-state index contributed by atoms with van der Waals surface area (Å²) in [5.74, 6) is 1.29. The van der Waals surface area contributed by atoms with Gasteiger partial charge in [-0.2, -0.15) is 0 Å². The van der Waals surface area contributed by atoms with E-state index in [9.17, 15) is 0 Å². The van der Waals surface area contributed by atoms with Gasteiger partial charge in [-0.25, -0.2) is 0 Å². The van der Waals surface area contributed by atoms with Crippen molar-refractivity contribution in [1.29, 1.82) is 0 Å². The van der Waals surface area contributed by atoms with Crippen molar-refractivity contribution in [2.75, 3.05) is 20.1 Å². The normalized spacial score (nSPS) is 20.1. The average Bonchev–Trinajstić information content (AvgIpc) is 2.97. The molecule has 0 amide bonds. The molecule has 1 aromatic carbocycles. The first-order chi connectivity index (χ1) is 9.85. The molecular formula is C15H20N4O. The quantitative estimate of drug-likeness (QED) is 0.921. The molecule has 1 aromatic heterocycles. The molecule has 20 heavy (non-hydrogen) atoms. The minimum Gasteiger partial charge on any atom is -0.419 e. The highest BCUT2D eigenvalue weighted by molar-refractivity contribution is 5.51. The molecule has 1 unspecified atom stereocenters. The Morgan fingerprint density at radius 1 is 1.30 bits per heavy atom. The topological polar surface area (TPSA) is 54.2 Å². The van der Waals surface area contributed by atoms with Crippen LogP contribution < -0.4 is 5.32 Å².